The molecule has 0 fully saturated rings. The fourth-order valence-electron chi connectivity index (χ4n) is 3.60. The number of fused-ring (bicyclic) bond motifs is 1. The summed E-state index contributed by atoms with van der Waals surface area (Å²) in [6.45, 7) is 4.41. The van der Waals surface area contributed by atoms with Crippen molar-refractivity contribution in [3.05, 3.63) is 99.2 Å². The zero-order valence-electron chi connectivity index (χ0n) is 16.7. The van der Waals surface area contributed by atoms with E-state index in [1.54, 1.807) is 22.8 Å². The number of nitrogens with zero attached hydrogens (tertiary/aromatic N) is 1. The molecule has 0 saturated heterocycles. The van der Waals surface area contributed by atoms with E-state index in [2.05, 4.69) is 4.72 Å². The number of benzene rings is 3. The lowest BCUT2D eigenvalue weighted by atomic mass is 9.96. The lowest BCUT2D eigenvalue weighted by Gasteiger charge is -2.21. The number of thiazole rings is 1. The van der Waals surface area contributed by atoms with E-state index in [4.69, 9.17) is 0 Å². The number of nitrogens with one attached hydrogen (secondary N) is 1. The third-order valence-electron chi connectivity index (χ3n) is 5.17. The van der Waals surface area contributed by atoms with Crippen LogP contribution in [0.5, 0.6) is 0 Å². The highest BCUT2D eigenvalue weighted by atomic mass is 32.2. The molecular weight excluding hydrogens is 416 g/mol. The highest BCUT2D eigenvalue weighted by molar-refractivity contribution is 7.89. The Kier molecular flexibility index (Phi) is 5.60. The van der Waals surface area contributed by atoms with E-state index in [1.165, 1.54) is 0 Å². The van der Waals surface area contributed by atoms with Gasteiger partial charge in [0.1, 0.15) is 0 Å². The van der Waals surface area contributed by atoms with Gasteiger partial charge in [-0.05, 0) is 48.7 Å². The van der Waals surface area contributed by atoms with Gasteiger partial charge in [0.25, 0.3) is 0 Å². The summed E-state index contributed by atoms with van der Waals surface area (Å²) in [5.74, 6) is 0. The second-order valence-corrected chi connectivity index (χ2v) is 9.77. The minimum absolute atomic E-state index is 0.0860. The molecule has 0 saturated carbocycles. The summed E-state index contributed by atoms with van der Waals surface area (Å²) in [7, 11) is -3.83. The van der Waals surface area contributed by atoms with Crippen molar-refractivity contribution in [2.75, 3.05) is 0 Å². The van der Waals surface area contributed by atoms with Crippen LogP contribution in [0.2, 0.25) is 0 Å². The summed E-state index contributed by atoms with van der Waals surface area (Å²) in [5.41, 5.74) is 3.51. The predicted octanol–water partition coefficient (Wildman–Crippen LogP) is 4.46. The Morgan fingerprint density at radius 3 is 2.40 bits per heavy atom. The van der Waals surface area contributed by atoms with Gasteiger partial charge in [0.15, 0.2) is 0 Å². The fraction of sp³-hybridized carbons (Fsp3) is 0.174. The highest BCUT2D eigenvalue weighted by Crippen LogP contribution is 2.28. The number of hydrogen-bond acceptors (Lipinski definition) is 4. The van der Waals surface area contributed by atoms with Crippen molar-refractivity contribution < 1.29 is 8.42 Å². The number of aryl methyl sites for hydroxylation is 2. The van der Waals surface area contributed by atoms with Gasteiger partial charge in [-0.1, -0.05) is 65.9 Å². The second kappa shape index (κ2) is 8.18. The lowest BCUT2D eigenvalue weighted by Crippen LogP contribution is -2.30. The van der Waals surface area contributed by atoms with E-state index < -0.39 is 16.1 Å². The van der Waals surface area contributed by atoms with Crippen LogP contribution in [0.3, 0.4) is 0 Å². The SMILES string of the molecule is CCn1c(=O)sc2cc(S(=O)(=O)NC(c3ccccc3)c3ccccc3C)ccc21. The van der Waals surface area contributed by atoms with Crippen molar-refractivity contribution in [3.8, 4) is 0 Å². The van der Waals surface area contributed by atoms with Crippen LogP contribution in [0, 0.1) is 6.92 Å². The molecule has 1 aromatic heterocycles. The van der Waals surface area contributed by atoms with Crippen LogP contribution in [0.4, 0.5) is 0 Å². The summed E-state index contributed by atoms with van der Waals surface area (Å²) in [4.78, 5) is 12.2. The van der Waals surface area contributed by atoms with E-state index in [0.29, 0.717) is 11.2 Å². The summed E-state index contributed by atoms with van der Waals surface area (Å²) in [6.07, 6.45) is 0. The summed E-state index contributed by atoms with van der Waals surface area (Å²) >= 11 is 1.06. The summed E-state index contributed by atoms with van der Waals surface area (Å²) < 4.78 is 31.8. The quantitative estimate of drug-likeness (QED) is 0.483. The second-order valence-electron chi connectivity index (χ2n) is 7.06. The number of hydrogen-bond donors (Lipinski definition) is 1. The average Bonchev–Trinajstić information content (AvgIpc) is 3.07. The standard InChI is InChI=1S/C23H22N2O3S2/c1-3-25-20-14-13-18(15-21(20)29-23(25)26)30(27,28)24-22(17-10-5-4-6-11-17)19-12-8-7-9-16(19)2/h4-15,22,24H,3H2,1-2H3. The molecule has 4 aromatic rings. The molecule has 1 unspecified atom stereocenters. The van der Waals surface area contributed by atoms with Gasteiger partial charge in [0.05, 0.1) is 21.2 Å². The first kappa shape index (κ1) is 20.5. The maximum absolute atomic E-state index is 13.3. The Labute approximate surface area is 179 Å². The van der Waals surface area contributed by atoms with E-state index in [0.717, 1.165) is 33.5 Å². The number of aromatic nitrogens is 1. The van der Waals surface area contributed by atoms with Crippen LogP contribution in [0.1, 0.15) is 29.7 Å². The Balaban J connectivity index is 1.78. The molecule has 0 spiro atoms. The summed E-state index contributed by atoms with van der Waals surface area (Å²) in [5, 5.41) is 0. The minimum atomic E-state index is -3.83. The molecule has 0 aliphatic heterocycles. The first-order valence-corrected chi connectivity index (χ1v) is 12.0. The molecule has 7 heteroatoms. The fourth-order valence-corrected chi connectivity index (χ4v) is 5.90. The van der Waals surface area contributed by atoms with Crippen LogP contribution in [-0.2, 0) is 16.6 Å². The average molecular weight is 439 g/mol. The lowest BCUT2D eigenvalue weighted by molar-refractivity contribution is 0.572. The maximum Gasteiger partial charge on any atom is 0.308 e. The minimum Gasteiger partial charge on any atom is -0.299 e. The molecule has 5 nitrogen and oxygen atoms in total. The molecule has 0 radical (unpaired) electrons. The molecule has 4 rings (SSSR count). The van der Waals surface area contributed by atoms with Crippen molar-refractivity contribution in [1.29, 1.82) is 0 Å². The molecule has 1 heterocycles. The van der Waals surface area contributed by atoms with Gasteiger partial charge in [-0.25, -0.2) is 8.42 Å². The maximum atomic E-state index is 13.3. The van der Waals surface area contributed by atoms with E-state index in [1.807, 2.05) is 68.4 Å². The first-order valence-electron chi connectivity index (χ1n) is 9.67. The normalized spacial score (nSPS) is 12.9. The first-order chi connectivity index (χ1) is 14.4. The van der Waals surface area contributed by atoms with Gasteiger partial charge in [-0.15, -0.1) is 0 Å². The zero-order valence-corrected chi connectivity index (χ0v) is 18.3. The molecule has 154 valence electrons. The van der Waals surface area contributed by atoms with Crippen molar-refractivity contribution in [2.45, 2.75) is 31.3 Å². The molecule has 1 N–H and O–H groups in total. The van der Waals surface area contributed by atoms with E-state index in [-0.39, 0.29) is 9.77 Å². The molecular formula is C23H22N2O3S2. The van der Waals surface area contributed by atoms with Crippen LogP contribution in [0.25, 0.3) is 10.2 Å². The molecule has 0 amide bonds. The zero-order chi connectivity index (χ0) is 21.3. The molecule has 30 heavy (non-hydrogen) atoms. The van der Waals surface area contributed by atoms with Crippen LogP contribution in [-0.4, -0.2) is 13.0 Å². The van der Waals surface area contributed by atoms with Crippen LogP contribution in [0.15, 0.2) is 82.5 Å². The highest BCUT2D eigenvalue weighted by Gasteiger charge is 2.24. The van der Waals surface area contributed by atoms with Crippen molar-refractivity contribution in [2.24, 2.45) is 0 Å². The van der Waals surface area contributed by atoms with Gasteiger partial charge >= 0.3 is 4.87 Å². The molecule has 1 atom stereocenters. The summed E-state index contributed by atoms with van der Waals surface area (Å²) in [6, 6.07) is 21.6. The van der Waals surface area contributed by atoms with Gasteiger partial charge in [0.2, 0.25) is 10.0 Å². The monoisotopic (exact) mass is 438 g/mol. The molecule has 3 aromatic carbocycles. The Morgan fingerprint density at radius 2 is 1.70 bits per heavy atom. The van der Waals surface area contributed by atoms with Crippen molar-refractivity contribution >= 4 is 31.6 Å². The predicted molar refractivity (Wildman–Crippen MR) is 122 cm³/mol. The molecule has 0 bridgehead atoms. The van der Waals surface area contributed by atoms with Gasteiger partial charge in [0, 0.05) is 6.54 Å². The van der Waals surface area contributed by atoms with Crippen molar-refractivity contribution in [3.63, 3.8) is 0 Å². The Morgan fingerprint density at radius 1 is 1.00 bits per heavy atom. The topological polar surface area (TPSA) is 68.2 Å². The van der Waals surface area contributed by atoms with Crippen molar-refractivity contribution in [1.82, 2.24) is 9.29 Å². The van der Waals surface area contributed by atoms with Gasteiger partial charge < -0.3 is 0 Å². The number of sulfonamides is 1. The third kappa shape index (κ3) is 3.84. The largest absolute Gasteiger partial charge is 0.308 e. The third-order valence-corrected chi connectivity index (χ3v) is 7.53. The Hall–Kier alpha value is -2.74. The van der Waals surface area contributed by atoms with E-state index >= 15 is 0 Å². The number of rotatable bonds is 6. The molecule has 0 aliphatic carbocycles. The van der Waals surface area contributed by atoms with Gasteiger partial charge in [-0.2, -0.15) is 4.72 Å². The van der Waals surface area contributed by atoms with Gasteiger partial charge in [-0.3, -0.25) is 9.36 Å². The Bertz CT molecular complexity index is 1360. The van der Waals surface area contributed by atoms with Crippen LogP contribution >= 0.6 is 11.3 Å². The smallest absolute Gasteiger partial charge is 0.299 e. The van der Waals surface area contributed by atoms with E-state index in [9.17, 15) is 13.2 Å². The molecule has 0 aliphatic rings. The van der Waals surface area contributed by atoms with Crippen LogP contribution < -0.4 is 9.60 Å².